The second kappa shape index (κ2) is 8.88. The third-order valence-corrected chi connectivity index (χ3v) is 2.28. The van der Waals surface area contributed by atoms with Gasteiger partial charge in [-0.3, -0.25) is 9.05 Å². The lowest BCUT2D eigenvalue weighted by Gasteiger charge is -2.10. The van der Waals surface area contributed by atoms with Gasteiger partial charge in [-0.2, -0.15) is 0 Å². The SMILES string of the molecule is C/C=C/OCCCOP(=O)(O)OCCN. The highest BCUT2D eigenvalue weighted by atomic mass is 31.2. The van der Waals surface area contributed by atoms with Crippen molar-refractivity contribution in [2.45, 2.75) is 13.3 Å². The summed E-state index contributed by atoms with van der Waals surface area (Å²) >= 11 is 0. The van der Waals surface area contributed by atoms with Crippen molar-refractivity contribution in [3.63, 3.8) is 0 Å². The van der Waals surface area contributed by atoms with Gasteiger partial charge in [-0.25, -0.2) is 4.57 Å². The number of phosphoric acid groups is 1. The maximum atomic E-state index is 11.1. The first-order valence-electron chi connectivity index (χ1n) is 4.67. The molecule has 0 fully saturated rings. The van der Waals surface area contributed by atoms with Crippen molar-refractivity contribution in [3.05, 3.63) is 12.3 Å². The van der Waals surface area contributed by atoms with Crippen LogP contribution in [0.5, 0.6) is 0 Å². The van der Waals surface area contributed by atoms with Crippen LogP contribution in [-0.2, 0) is 18.3 Å². The number of allylic oxidation sites excluding steroid dienone is 1. The molecule has 0 aromatic heterocycles. The van der Waals surface area contributed by atoms with Gasteiger partial charge in [0.25, 0.3) is 0 Å². The van der Waals surface area contributed by atoms with Gasteiger partial charge in [0.15, 0.2) is 0 Å². The number of ether oxygens (including phenoxy) is 1. The Morgan fingerprint density at radius 2 is 2.00 bits per heavy atom. The molecule has 0 aliphatic carbocycles. The van der Waals surface area contributed by atoms with Crippen molar-refractivity contribution in [2.75, 3.05) is 26.4 Å². The van der Waals surface area contributed by atoms with Crippen LogP contribution >= 0.6 is 7.82 Å². The van der Waals surface area contributed by atoms with Gasteiger partial charge in [0.2, 0.25) is 0 Å². The number of hydrogen-bond acceptors (Lipinski definition) is 5. The zero-order valence-corrected chi connectivity index (χ0v) is 9.69. The Labute approximate surface area is 89.6 Å². The van der Waals surface area contributed by atoms with E-state index in [4.69, 9.17) is 15.4 Å². The average molecular weight is 239 g/mol. The third-order valence-electron chi connectivity index (χ3n) is 1.27. The van der Waals surface area contributed by atoms with E-state index < -0.39 is 7.82 Å². The Kier molecular flexibility index (Phi) is 8.65. The van der Waals surface area contributed by atoms with Gasteiger partial charge >= 0.3 is 7.82 Å². The predicted molar refractivity (Wildman–Crippen MR) is 56.2 cm³/mol. The molecule has 6 nitrogen and oxygen atoms in total. The quantitative estimate of drug-likeness (QED) is 0.354. The Hall–Kier alpha value is -0.390. The van der Waals surface area contributed by atoms with Crippen molar-refractivity contribution in [2.24, 2.45) is 5.73 Å². The van der Waals surface area contributed by atoms with E-state index in [0.717, 1.165) is 0 Å². The largest absolute Gasteiger partial charge is 0.501 e. The van der Waals surface area contributed by atoms with E-state index in [1.54, 1.807) is 12.3 Å². The Morgan fingerprint density at radius 3 is 2.60 bits per heavy atom. The lowest BCUT2D eigenvalue weighted by Crippen LogP contribution is -2.08. The summed E-state index contributed by atoms with van der Waals surface area (Å²) in [6.45, 7) is 2.55. The summed E-state index contributed by atoms with van der Waals surface area (Å²) in [6, 6.07) is 0. The van der Waals surface area contributed by atoms with Crippen LogP contribution in [0.4, 0.5) is 0 Å². The molecule has 90 valence electrons. The molecule has 0 rings (SSSR count). The first-order chi connectivity index (χ1) is 7.12. The summed E-state index contributed by atoms with van der Waals surface area (Å²) in [5.74, 6) is 0. The molecule has 0 bridgehead atoms. The molecular formula is C8H18NO5P. The number of rotatable bonds is 9. The molecule has 0 radical (unpaired) electrons. The fourth-order valence-corrected chi connectivity index (χ4v) is 1.46. The molecule has 1 atom stereocenters. The summed E-state index contributed by atoms with van der Waals surface area (Å²) in [6.07, 6.45) is 3.81. The van der Waals surface area contributed by atoms with Crippen LogP contribution in [0.15, 0.2) is 12.3 Å². The first kappa shape index (κ1) is 14.6. The maximum Gasteiger partial charge on any atom is 0.472 e. The molecule has 0 saturated heterocycles. The van der Waals surface area contributed by atoms with Crippen LogP contribution in [0.1, 0.15) is 13.3 Å². The minimum Gasteiger partial charge on any atom is -0.501 e. The number of nitrogens with two attached hydrogens (primary N) is 1. The average Bonchev–Trinajstić information content (AvgIpc) is 2.20. The normalized spacial score (nSPS) is 15.4. The van der Waals surface area contributed by atoms with E-state index in [-0.39, 0.29) is 19.8 Å². The zero-order valence-electron chi connectivity index (χ0n) is 8.80. The minimum absolute atomic E-state index is 0.00283. The fourth-order valence-electron chi connectivity index (χ4n) is 0.692. The number of phosphoric ester groups is 1. The van der Waals surface area contributed by atoms with Gasteiger partial charge in [-0.05, 0) is 6.92 Å². The van der Waals surface area contributed by atoms with Crippen LogP contribution in [0.3, 0.4) is 0 Å². The molecule has 0 spiro atoms. The second-order valence-electron chi connectivity index (χ2n) is 2.62. The van der Waals surface area contributed by atoms with Crippen molar-refractivity contribution in [1.82, 2.24) is 0 Å². The van der Waals surface area contributed by atoms with Crippen molar-refractivity contribution in [3.8, 4) is 0 Å². The Bertz CT molecular complexity index is 221. The molecule has 3 N–H and O–H groups in total. The highest BCUT2D eigenvalue weighted by Gasteiger charge is 2.19. The van der Waals surface area contributed by atoms with Crippen LogP contribution in [0.2, 0.25) is 0 Å². The molecule has 0 amide bonds. The smallest absolute Gasteiger partial charge is 0.472 e. The topological polar surface area (TPSA) is 91.0 Å². The highest BCUT2D eigenvalue weighted by molar-refractivity contribution is 7.47. The molecule has 7 heteroatoms. The van der Waals surface area contributed by atoms with Gasteiger partial charge < -0.3 is 15.4 Å². The van der Waals surface area contributed by atoms with E-state index in [1.165, 1.54) is 0 Å². The van der Waals surface area contributed by atoms with Crippen LogP contribution in [0.25, 0.3) is 0 Å². The molecule has 0 aliphatic heterocycles. The molecule has 0 heterocycles. The lowest BCUT2D eigenvalue weighted by atomic mass is 10.5. The monoisotopic (exact) mass is 239 g/mol. The molecule has 0 aliphatic rings. The van der Waals surface area contributed by atoms with Gasteiger partial charge in [0.1, 0.15) is 0 Å². The van der Waals surface area contributed by atoms with E-state index in [9.17, 15) is 4.57 Å². The Morgan fingerprint density at radius 1 is 1.33 bits per heavy atom. The number of hydrogen-bond donors (Lipinski definition) is 2. The molecule has 0 saturated carbocycles. The van der Waals surface area contributed by atoms with E-state index in [1.807, 2.05) is 6.92 Å². The highest BCUT2D eigenvalue weighted by Crippen LogP contribution is 2.42. The first-order valence-corrected chi connectivity index (χ1v) is 6.16. The maximum absolute atomic E-state index is 11.1. The summed E-state index contributed by atoms with van der Waals surface area (Å²) < 4.78 is 25.2. The summed E-state index contributed by atoms with van der Waals surface area (Å²) in [5, 5.41) is 0. The predicted octanol–water partition coefficient (Wildman–Crippen LogP) is 1.02. The second-order valence-corrected chi connectivity index (χ2v) is 4.07. The van der Waals surface area contributed by atoms with E-state index >= 15 is 0 Å². The van der Waals surface area contributed by atoms with Crippen molar-refractivity contribution >= 4 is 7.82 Å². The Balaban J connectivity index is 3.44. The van der Waals surface area contributed by atoms with Crippen LogP contribution in [-0.4, -0.2) is 31.3 Å². The minimum atomic E-state index is -3.92. The molecule has 1 unspecified atom stereocenters. The molecule has 15 heavy (non-hydrogen) atoms. The van der Waals surface area contributed by atoms with E-state index in [0.29, 0.717) is 13.0 Å². The summed E-state index contributed by atoms with van der Waals surface area (Å²) in [4.78, 5) is 9.05. The molecule has 0 aromatic rings. The van der Waals surface area contributed by atoms with Gasteiger partial charge in [0.05, 0.1) is 26.1 Å². The zero-order chi connectivity index (χ0) is 11.6. The van der Waals surface area contributed by atoms with Crippen molar-refractivity contribution < 1.29 is 23.2 Å². The third kappa shape index (κ3) is 9.90. The molecule has 0 aromatic carbocycles. The van der Waals surface area contributed by atoms with Crippen LogP contribution in [0, 0.1) is 0 Å². The lowest BCUT2D eigenvalue weighted by molar-refractivity contribution is 0.138. The summed E-state index contributed by atoms with van der Waals surface area (Å²) in [5.41, 5.74) is 5.11. The molecular weight excluding hydrogens is 221 g/mol. The fraction of sp³-hybridized carbons (Fsp3) is 0.750. The van der Waals surface area contributed by atoms with Gasteiger partial charge in [0, 0.05) is 13.0 Å². The van der Waals surface area contributed by atoms with E-state index in [2.05, 4.69) is 9.05 Å². The summed E-state index contributed by atoms with van der Waals surface area (Å²) in [7, 11) is -3.92. The van der Waals surface area contributed by atoms with Crippen LogP contribution < -0.4 is 5.73 Å². The van der Waals surface area contributed by atoms with Crippen molar-refractivity contribution in [1.29, 1.82) is 0 Å². The van der Waals surface area contributed by atoms with Gasteiger partial charge in [-0.15, -0.1) is 0 Å². The standard InChI is InChI=1S/C8H18NO5P/c1-2-5-12-6-3-7-13-15(10,11)14-8-4-9/h2,5H,3-4,6-9H2,1H3,(H,10,11)/b5-2+. The van der Waals surface area contributed by atoms with Gasteiger partial charge in [-0.1, -0.05) is 6.08 Å².